The second-order valence-electron chi connectivity index (χ2n) is 6.48. The molecule has 0 aliphatic carbocycles. The normalized spacial score (nSPS) is 11.0. The van der Waals surface area contributed by atoms with Gasteiger partial charge in [-0.25, -0.2) is 0 Å². The van der Waals surface area contributed by atoms with Gasteiger partial charge in [-0.15, -0.1) is 5.10 Å². The van der Waals surface area contributed by atoms with Crippen molar-refractivity contribution in [1.82, 2.24) is 19.7 Å². The molecule has 0 saturated heterocycles. The fraction of sp³-hybridized carbons (Fsp3) is 0.0435. The van der Waals surface area contributed by atoms with E-state index in [2.05, 4.69) is 20.4 Å². The van der Waals surface area contributed by atoms with Gasteiger partial charge in [0.05, 0.1) is 0 Å². The summed E-state index contributed by atoms with van der Waals surface area (Å²) in [6.07, 6.45) is 6.55. The van der Waals surface area contributed by atoms with Gasteiger partial charge in [0, 0.05) is 35.6 Å². The minimum atomic E-state index is -0.310. The maximum Gasteiger partial charge on any atom is 0.274 e. The van der Waals surface area contributed by atoms with Crippen LogP contribution in [0.3, 0.4) is 0 Å². The van der Waals surface area contributed by atoms with E-state index < -0.39 is 0 Å². The zero-order valence-electron chi connectivity index (χ0n) is 15.9. The number of pyridine rings is 1. The highest BCUT2D eigenvalue weighted by Crippen LogP contribution is 2.18. The zero-order chi connectivity index (χ0) is 20.8. The van der Waals surface area contributed by atoms with E-state index in [-0.39, 0.29) is 5.91 Å². The molecule has 0 unspecified atom stereocenters. The Labute approximate surface area is 178 Å². The van der Waals surface area contributed by atoms with Gasteiger partial charge in [0.1, 0.15) is 0 Å². The third-order valence-corrected chi connectivity index (χ3v) is 4.53. The summed E-state index contributed by atoms with van der Waals surface area (Å²) in [6.45, 7) is 0.446. The van der Waals surface area contributed by atoms with Crippen molar-refractivity contribution in [2.45, 2.75) is 6.54 Å². The number of hydrogen-bond acceptors (Lipinski definition) is 5. The number of nitrogens with zero attached hydrogens (tertiary/aromatic N) is 4. The van der Waals surface area contributed by atoms with Crippen LogP contribution in [0.2, 0.25) is 5.02 Å². The van der Waals surface area contributed by atoms with Crippen LogP contribution in [0.5, 0.6) is 0 Å². The predicted octanol–water partition coefficient (Wildman–Crippen LogP) is 4.96. The SMILES string of the molecule is O=C(C=Cc1ccccc1)n1nc(-c2cccnc2)nc1NCc1cccc(Cl)c1. The number of halogens is 1. The molecule has 0 saturated carbocycles. The van der Waals surface area contributed by atoms with Crippen molar-refractivity contribution in [3.05, 3.63) is 101 Å². The Hall–Kier alpha value is -3.77. The smallest absolute Gasteiger partial charge is 0.274 e. The second kappa shape index (κ2) is 9.15. The van der Waals surface area contributed by atoms with E-state index in [0.717, 1.165) is 16.7 Å². The largest absolute Gasteiger partial charge is 0.350 e. The van der Waals surface area contributed by atoms with E-state index in [1.807, 2.05) is 60.7 Å². The van der Waals surface area contributed by atoms with Crippen LogP contribution < -0.4 is 5.32 Å². The molecule has 2 aromatic carbocycles. The van der Waals surface area contributed by atoms with Gasteiger partial charge in [-0.3, -0.25) is 9.78 Å². The summed E-state index contributed by atoms with van der Waals surface area (Å²) in [5, 5.41) is 8.23. The molecular formula is C23H18ClN5O. The maximum atomic E-state index is 12.8. The fourth-order valence-electron chi connectivity index (χ4n) is 2.83. The molecule has 30 heavy (non-hydrogen) atoms. The highest BCUT2D eigenvalue weighted by molar-refractivity contribution is 6.30. The van der Waals surface area contributed by atoms with Crippen molar-refractivity contribution in [3.8, 4) is 11.4 Å². The molecule has 2 heterocycles. The van der Waals surface area contributed by atoms with Crippen LogP contribution in [0, 0.1) is 0 Å². The van der Waals surface area contributed by atoms with Gasteiger partial charge in [0.2, 0.25) is 5.95 Å². The minimum Gasteiger partial charge on any atom is -0.350 e. The molecule has 7 heteroatoms. The molecule has 4 aromatic rings. The summed E-state index contributed by atoms with van der Waals surface area (Å²) in [7, 11) is 0. The quantitative estimate of drug-likeness (QED) is 0.450. The Morgan fingerprint density at radius 1 is 1.07 bits per heavy atom. The number of nitrogens with one attached hydrogen (secondary N) is 1. The van der Waals surface area contributed by atoms with E-state index >= 15 is 0 Å². The summed E-state index contributed by atoms with van der Waals surface area (Å²) in [6, 6.07) is 20.7. The van der Waals surface area contributed by atoms with E-state index in [1.54, 1.807) is 24.5 Å². The molecule has 0 atom stereocenters. The first-order chi connectivity index (χ1) is 14.7. The Balaban J connectivity index is 1.62. The van der Waals surface area contributed by atoms with Crippen molar-refractivity contribution in [2.24, 2.45) is 0 Å². The first-order valence-corrected chi connectivity index (χ1v) is 9.70. The van der Waals surface area contributed by atoms with Crippen LogP contribution in [0.15, 0.2) is 85.2 Å². The molecule has 4 rings (SSSR count). The molecule has 0 amide bonds. The molecule has 0 fully saturated rings. The van der Waals surface area contributed by atoms with Crippen LogP contribution >= 0.6 is 11.6 Å². The lowest BCUT2D eigenvalue weighted by molar-refractivity contribution is 0.0957. The number of benzene rings is 2. The Morgan fingerprint density at radius 2 is 1.93 bits per heavy atom. The summed E-state index contributed by atoms with van der Waals surface area (Å²) < 4.78 is 1.26. The van der Waals surface area contributed by atoms with Gasteiger partial charge in [-0.1, -0.05) is 54.1 Å². The number of carbonyl (C=O) groups excluding carboxylic acids is 1. The van der Waals surface area contributed by atoms with Gasteiger partial charge in [0.25, 0.3) is 5.91 Å². The van der Waals surface area contributed by atoms with E-state index in [4.69, 9.17) is 11.6 Å². The summed E-state index contributed by atoms with van der Waals surface area (Å²) in [5.41, 5.74) is 2.61. The summed E-state index contributed by atoms with van der Waals surface area (Å²) >= 11 is 6.06. The number of allylic oxidation sites excluding steroid dienone is 1. The van der Waals surface area contributed by atoms with Crippen molar-refractivity contribution in [2.75, 3.05) is 5.32 Å². The molecule has 0 spiro atoms. The Kier molecular flexibility index (Phi) is 5.96. The highest BCUT2D eigenvalue weighted by Gasteiger charge is 2.16. The number of hydrogen-bond donors (Lipinski definition) is 1. The van der Waals surface area contributed by atoms with E-state index in [9.17, 15) is 4.79 Å². The first kappa shape index (κ1) is 19.5. The minimum absolute atomic E-state index is 0.310. The molecule has 1 N–H and O–H groups in total. The van der Waals surface area contributed by atoms with Crippen LogP contribution in [-0.2, 0) is 6.54 Å². The lowest BCUT2D eigenvalue weighted by Gasteiger charge is -2.06. The van der Waals surface area contributed by atoms with Crippen LogP contribution in [0.4, 0.5) is 5.95 Å². The average Bonchev–Trinajstić information content (AvgIpc) is 3.22. The lowest BCUT2D eigenvalue weighted by atomic mass is 10.2. The van der Waals surface area contributed by atoms with Gasteiger partial charge in [0.15, 0.2) is 5.82 Å². The monoisotopic (exact) mass is 415 g/mol. The maximum absolute atomic E-state index is 12.8. The molecule has 0 aliphatic rings. The third kappa shape index (κ3) is 4.79. The molecular weight excluding hydrogens is 398 g/mol. The fourth-order valence-corrected chi connectivity index (χ4v) is 3.04. The molecule has 6 nitrogen and oxygen atoms in total. The number of aromatic nitrogens is 4. The summed E-state index contributed by atoms with van der Waals surface area (Å²) in [4.78, 5) is 21.5. The molecule has 148 valence electrons. The van der Waals surface area contributed by atoms with Crippen molar-refractivity contribution in [1.29, 1.82) is 0 Å². The molecule has 2 aromatic heterocycles. The zero-order valence-corrected chi connectivity index (χ0v) is 16.7. The number of rotatable bonds is 6. The van der Waals surface area contributed by atoms with Crippen LogP contribution in [-0.4, -0.2) is 25.7 Å². The van der Waals surface area contributed by atoms with Gasteiger partial charge in [-0.2, -0.15) is 9.67 Å². The van der Waals surface area contributed by atoms with Crippen molar-refractivity contribution >= 4 is 29.5 Å². The van der Waals surface area contributed by atoms with Gasteiger partial charge < -0.3 is 5.32 Å². The third-order valence-electron chi connectivity index (χ3n) is 4.29. The second-order valence-corrected chi connectivity index (χ2v) is 6.91. The molecule has 0 aliphatic heterocycles. The topological polar surface area (TPSA) is 72.7 Å². The standard InChI is InChI=1S/C23H18ClN5O/c24-20-10-4-8-18(14-20)15-26-23-27-22(19-9-5-13-25-16-19)28-29(23)21(30)12-11-17-6-2-1-3-7-17/h1-14,16H,15H2,(H,26,27,28). The molecule has 0 bridgehead atoms. The predicted molar refractivity (Wildman–Crippen MR) is 118 cm³/mol. The van der Waals surface area contributed by atoms with Gasteiger partial charge >= 0.3 is 0 Å². The lowest BCUT2D eigenvalue weighted by Crippen LogP contribution is -2.14. The average molecular weight is 416 g/mol. The van der Waals surface area contributed by atoms with E-state index in [1.165, 1.54) is 10.8 Å². The van der Waals surface area contributed by atoms with Crippen molar-refractivity contribution < 1.29 is 4.79 Å². The van der Waals surface area contributed by atoms with Gasteiger partial charge in [-0.05, 0) is 41.5 Å². The van der Waals surface area contributed by atoms with Crippen LogP contribution in [0.1, 0.15) is 15.9 Å². The number of carbonyl (C=O) groups is 1. The highest BCUT2D eigenvalue weighted by atomic mass is 35.5. The Bertz CT molecular complexity index is 1170. The van der Waals surface area contributed by atoms with E-state index in [0.29, 0.717) is 23.3 Å². The Morgan fingerprint density at radius 3 is 2.70 bits per heavy atom. The molecule has 0 radical (unpaired) electrons. The van der Waals surface area contributed by atoms with Crippen LogP contribution in [0.25, 0.3) is 17.5 Å². The summed E-state index contributed by atoms with van der Waals surface area (Å²) in [5.74, 6) is 0.449. The van der Waals surface area contributed by atoms with Crippen molar-refractivity contribution in [3.63, 3.8) is 0 Å². The number of anilines is 1. The first-order valence-electron chi connectivity index (χ1n) is 9.32.